The highest BCUT2D eigenvalue weighted by atomic mass is 19.4. The number of alkyl halides is 3. The van der Waals surface area contributed by atoms with Gasteiger partial charge in [0.05, 0.1) is 6.10 Å². The molecule has 1 aromatic carbocycles. The van der Waals surface area contributed by atoms with Crippen LogP contribution in [-0.4, -0.2) is 29.2 Å². The van der Waals surface area contributed by atoms with Crippen molar-refractivity contribution in [1.82, 2.24) is 0 Å². The summed E-state index contributed by atoms with van der Waals surface area (Å²) in [5.41, 5.74) is 7.66. The topological polar surface area (TPSA) is 98.5 Å². The zero-order valence-corrected chi connectivity index (χ0v) is 10.5. The number of ether oxygens (including phenoxy) is 1. The molecule has 10 heteroatoms. The van der Waals surface area contributed by atoms with Gasteiger partial charge in [0.25, 0.3) is 0 Å². The van der Waals surface area contributed by atoms with Gasteiger partial charge in [0.2, 0.25) is 0 Å². The summed E-state index contributed by atoms with van der Waals surface area (Å²) in [6.07, 6.45) is -8.19. The van der Waals surface area contributed by atoms with Gasteiger partial charge in [-0.3, -0.25) is 0 Å². The highest BCUT2D eigenvalue weighted by molar-refractivity contribution is 5.30. The fourth-order valence-corrected chi connectivity index (χ4v) is 1.54. The van der Waals surface area contributed by atoms with Gasteiger partial charge in [-0.25, -0.2) is 4.39 Å². The predicted molar refractivity (Wildman–Crippen MR) is 62.7 cm³/mol. The summed E-state index contributed by atoms with van der Waals surface area (Å²) >= 11 is 0. The Morgan fingerprint density at radius 3 is 2.52 bits per heavy atom. The first-order valence-corrected chi connectivity index (χ1v) is 5.67. The van der Waals surface area contributed by atoms with Crippen molar-refractivity contribution in [3.8, 4) is 5.75 Å². The van der Waals surface area contributed by atoms with Gasteiger partial charge in [-0.05, 0) is 24.1 Å². The van der Waals surface area contributed by atoms with Crippen molar-refractivity contribution in [2.75, 3.05) is 6.54 Å². The van der Waals surface area contributed by atoms with Gasteiger partial charge in [-0.2, -0.15) is 0 Å². The van der Waals surface area contributed by atoms with Crippen LogP contribution >= 0.6 is 0 Å². The SMILES string of the molecule is [N-]=[N+]=NCCC(O)C(O)c1ccc(OC(F)(F)F)cc1F. The third-order valence-corrected chi connectivity index (χ3v) is 2.48. The van der Waals surface area contributed by atoms with Gasteiger partial charge in [0.1, 0.15) is 17.7 Å². The summed E-state index contributed by atoms with van der Waals surface area (Å²) in [5.74, 6) is -1.94. The normalized spacial score (nSPS) is 14.2. The van der Waals surface area contributed by atoms with Gasteiger partial charge in [-0.1, -0.05) is 5.11 Å². The molecular formula is C11H11F4N3O3. The van der Waals surface area contributed by atoms with Crippen LogP contribution in [-0.2, 0) is 0 Å². The van der Waals surface area contributed by atoms with Crippen LogP contribution in [0.4, 0.5) is 17.6 Å². The molecule has 0 amide bonds. The zero-order valence-electron chi connectivity index (χ0n) is 10.5. The van der Waals surface area contributed by atoms with Crippen LogP contribution in [0, 0.1) is 5.82 Å². The number of hydrogen-bond donors (Lipinski definition) is 2. The lowest BCUT2D eigenvalue weighted by Crippen LogP contribution is -2.21. The predicted octanol–water partition coefficient (Wildman–Crippen LogP) is 2.82. The van der Waals surface area contributed by atoms with Gasteiger partial charge in [-0.15, -0.1) is 13.2 Å². The second-order valence-corrected chi connectivity index (χ2v) is 3.99. The van der Waals surface area contributed by atoms with Crippen LogP contribution in [0.5, 0.6) is 5.75 Å². The highest BCUT2D eigenvalue weighted by Gasteiger charge is 2.31. The second kappa shape index (κ2) is 7.11. The van der Waals surface area contributed by atoms with E-state index in [0.717, 1.165) is 12.1 Å². The van der Waals surface area contributed by atoms with E-state index < -0.39 is 35.7 Å². The van der Waals surface area contributed by atoms with E-state index in [9.17, 15) is 27.8 Å². The number of nitrogens with zero attached hydrogens (tertiary/aromatic N) is 3. The molecule has 1 rings (SSSR count). The third kappa shape index (κ3) is 5.46. The van der Waals surface area contributed by atoms with Crippen LogP contribution in [0.25, 0.3) is 10.4 Å². The Balaban J connectivity index is 2.81. The van der Waals surface area contributed by atoms with Crippen LogP contribution in [0.1, 0.15) is 18.1 Å². The lowest BCUT2D eigenvalue weighted by molar-refractivity contribution is -0.274. The summed E-state index contributed by atoms with van der Waals surface area (Å²) in [4.78, 5) is 2.44. The van der Waals surface area contributed by atoms with Crippen molar-refractivity contribution in [2.24, 2.45) is 5.11 Å². The number of aliphatic hydroxyl groups is 2. The fourth-order valence-electron chi connectivity index (χ4n) is 1.54. The Bertz CT molecular complexity index is 532. The Kier molecular flexibility index (Phi) is 5.77. The minimum atomic E-state index is -4.96. The van der Waals surface area contributed by atoms with Gasteiger partial charge in [0.15, 0.2) is 0 Å². The molecule has 21 heavy (non-hydrogen) atoms. The summed E-state index contributed by atoms with van der Waals surface area (Å²) in [7, 11) is 0. The summed E-state index contributed by atoms with van der Waals surface area (Å²) < 4.78 is 53.0. The average Bonchev–Trinajstić information content (AvgIpc) is 2.36. The van der Waals surface area contributed by atoms with E-state index in [2.05, 4.69) is 14.8 Å². The first kappa shape index (κ1) is 17.0. The molecule has 0 bridgehead atoms. The monoisotopic (exact) mass is 309 g/mol. The maximum absolute atomic E-state index is 13.6. The molecule has 2 atom stereocenters. The summed E-state index contributed by atoms with van der Waals surface area (Å²) in [5, 5.41) is 22.4. The average molecular weight is 309 g/mol. The fraction of sp³-hybridized carbons (Fsp3) is 0.455. The lowest BCUT2D eigenvalue weighted by Gasteiger charge is -2.18. The number of benzene rings is 1. The van der Waals surface area contributed by atoms with E-state index in [4.69, 9.17) is 5.53 Å². The molecule has 0 aliphatic carbocycles. The minimum absolute atomic E-state index is 0.119. The van der Waals surface area contributed by atoms with Crippen molar-refractivity contribution in [1.29, 1.82) is 0 Å². The van der Waals surface area contributed by atoms with Gasteiger partial charge < -0.3 is 14.9 Å². The zero-order chi connectivity index (χ0) is 16.0. The van der Waals surface area contributed by atoms with E-state index in [-0.39, 0.29) is 13.0 Å². The molecule has 116 valence electrons. The molecule has 0 aliphatic rings. The Labute approximate surface area is 116 Å². The molecule has 0 fully saturated rings. The highest BCUT2D eigenvalue weighted by Crippen LogP contribution is 2.28. The van der Waals surface area contributed by atoms with E-state index in [0.29, 0.717) is 6.07 Å². The quantitative estimate of drug-likeness (QED) is 0.366. The molecule has 0 saturated heterocycles. The largest absolute Gasteiger partial charge is 0.573 e. The van der Waals surface area contributed by atoms with Gasteiger partial charge in [0, 0.05) is 23.1 Å². The standard InChI is InChI=1S/C11H11F4N3O3/c12-8-5-6(21-11(13,14)15)1-2-7(8)10(20)9(19)3-4-17-18-16/h1-2,5,9-10,19-20H,3-4H2. The maximum atomic E-state index is 13.6. The van der Waals surface area contributed by atoms with E-state index in [1.54, 1.807) is 0 Å². The van der Waals surface area contributed by atoms with E-state index >= 15 is 0 Å². The summed E-state index contributed by atoms with van der Waals surface area (Å²) in [6, 6.07) is 2.14. The molecule has 6 nitrogen and oxygen atoms in total. The Hall–Kier alpha value is -2.03. The molecule has 0 heterocycles. The molecule has 0 saturated carbocycles. The third-order valence-electron chi connectivity index (χ3n) is 2.48. The number of azide groups is 1. The minimum Gasteiger partial charge on any atom is -0.406 e. The van der Waals surface area contributed by atoms with Crippen LogP contribution in [0.15, 0.2) is 23.3 Å². The number of aliphatic hydroxyl groups excluding tert-OH is 2. The van der Waals surface area contributed by atoms with Crippen molar-refractivity contribution in [3.63, 3.8) is 0 Å². The first-order chi connectivity index (χ1) is 9.74. The maximum Gasteiger partial charge on any atom is 0.573 e. The molecule has 1 aromatic rings. The van der Waals surface area contributed by atoms with Crippen molar-refractivity contribution in [3.05, 3.63) is 40.0 Å². The van der Waals surface area contributed by atoms with Crippen molar-refractivity contribution >= 4 is 0 Å². The second-order valence-electron chi connectivity index (χ2n) is 3.99. The molecule has 0 radical (unpaired) electrons. The summed E-state index contributed by atoms with van der Waals surface area (Å²) in [6.45, 7) is -0.119. The first-order valence-electron chi connectivity index (χ1n) is 5.67. The van der Waals surface area contributed by atoms with Crippen LogP contribution < -0.4 is 4.74 Å². The molecule has 0 aliphatic heterocycles. The van der Waals surface area contributed by atoms with Crippen molar-refractivity contribution in [2.45, 2.75) is 25.0 Å². The van der Waals surface area contributed by atoms with Crippen LogP contribution in [0.3, 0.4) is 0 Å². The molecule has 0 aromatic heterocycles. The molecule has 2 N–H and O–H groups in total. The molecular weight excluding hydrogens is 298 g/mol. The van der Waals surface area contributed by atoms with Crippen LogP contribution in [0.2, 0.25) is 0 Å². The smallest absolute Gasteiger partial charge is 0.406 e. The number of halogens is 4. The Morgan fingerprint density at radius 2 is 2.00 bits per heavy atom. The number of hydrogen-bond acceptors (Lipinski definition) is 4. The molecule has 0 spiro atoms. The van der Waals surface area contributed by atoms with E-state index in [1.807, 2.05) is 0 Å². The lowest BCUT2D eigenvalue weighted by atomic mass is 10.0. The van der Waals surface area contributed by atoms with Crippen molar-refractivity contribution < 1.29 is 32.5 Å². The molecule has 2 unspecified atom stereocenters. The van der Waals surface area contributed by atoms with Gasteiger partial charge >= 0.3 is 6.36 Å². The Morgan fingerprint density at radius 1 is 1.33 bits per heavy atom. The number of rotatable bonds is 6. The van der Waals surface area contributed by atoms with E-state index in [1.165, 1.54) is 0 Å².